The van der Waals surface area contributed by atoms with Crippen LogP contribution < -0.4 is 5.73 Å². The van der Waals surface area contributed by atoms with Crippen molar-refractivity contribution in [1.82, 2.24) is 14.9 Å². The highest BCUT2D eigenvalue weighted by Gasteiger charge is 2.21. The first kappa shape index (κ1) is 17.4. The number of nitro groups is 1. The predicted molar refractivity (Wildman–Crippen MR) is 100 cm³/mol. The molecule has 4 rings (SSSR count). The summed E-state index contributed by atoms with van der Waals surface area (Å²) in [6.07, 6.45) is 2.55. The van der Waals surface area contributed by atoms with E-state index in [9.17, 15) is 10.1 Å². The van der Waals surface area contributed by atoms with Crippen molar-refractivity contribution in [3.8, 4) is 11.3 Å². The van der Waals surface area contributed by atoms with E-state index in [1.165, 1.54) is 6.07 Å². The first-order valence-corrected chi connectivity index (χ1v) is 8.73. The summed E-state index contributed by atoms with van der Waals surface area (Å²) in [5, 5.41) is 11.6. The van der Waals surface area contributed by atoms with Gasteiger partial charge in [0.25, 0.3) is 5.69 Å². The summed E-state index contributed by atoms with van der Waals surface area (Å²) in [5.41, 5.74) is 7.99. The van der Waals surface area contributed by atoms with Crippen LogP contribution in [-0.4, -0.2) is 26.3 Å². The third-order valence-corrected chi connectivity index (χ3v) is 4.73. The van der Waals surface area contributed by atoms with E-state index in [4.69, 9.17) is 21.8 Å². The number of nitrogens with zero attached hydrogens (tertiary/aromatic N) is 4. The van der Waals surface area contributed by atoms with Crippen LogP contribution in [0.3, 0.4) is 0 Å². The van der Waals surface area contributed by atoms with Gasteiger partial charge >= 0.3 is 0 Å². The van der Waals surface area contributed by atoms with Crippen LogP contribution in [0, 0.1) is 10.1 Å². The minimum Gasteiger partial charge on any atom is -0.459 e. The van der Waals surface area contributed by atoms with Gasteiger partial charge in [-0.2, -0.15) is 0 Å². The number of furan rings is 1. The van der Waals surface area contributed by atoms with E-state index in [0.29, 0.717) is 35.4 Å². The highest BCUT2D eigenvalue weighted by atomic mass is 35.5. The number of fused-ring (bicyclic) bond motifs is 1. The minimum absolute atomic E-state index is 0.0787. The Hall–Kier alpha value is -2.97. The summed E-state index contributed by atoms with van der Waals surface area (Å²) >= 11 is 5.87. The molecule has 3 heterocycles. The molecule has 2 N–H and O–H groups in total. The van der Waals surface area contributed by atoms with Crippen molar-refractivity contribution >= 4 is 23.2 Å². The molecule has 0 radical (unpaired) electrons. The van der Waals surface area contributed by atoms with Gasteiger partial charge in [-0.25, -0.2) is 9.97 Å². The molecule has 0 atom stereocenters. The normalized spacial score (nSPS) is 14.1. The maximum absolute atomic E-state index is 11.3. The summed E-state index contributed by atoms with van der Waals surface area (Å²) in [6.45, 7) is 2.11. The second-order valence-corrected chi connectivity index (χ2v) is 6.78. The minimum atomic E-state index is -0.462. The number of aromatic nitrogens is 2. The van der Waals surface area contributed by atoms with Gasteiger partial charge in [0.2, 0.25) is 5.95 Å². The first-order valence-electron chi connectivity index (χ1n) is 8.35. The van der Waals surface area contributed by atoms with Gasteiger partial charge in [-0.1, -0.05) is 11.6 Å². The molecule has 3 aromatic rings. The van der Waals surface area contributed by atoms with Gasteiger partial charge in [-0.05, 0) is 24.3 Å². The number of benzene rings is 1. The fourth-order valence-corrected chi connectivity index (χ4v) is 3.38. The molecule has 1 aromatic carbocycles. The molecular formula is C18H16ClN5O3. The third kappa shape index (κ3) is 3.62. The maximum atomic E-state index is 11.3. The molecule has 1 aliphatic heterocycles. The van der Waals surface area contributed by atoms with Crippen molar-refractivity contribution in [2.45, 2.75) is 19.5 Å². The molecule has 9 heteroatoms. The number of rotatable bonds is 4. The topological polar surface area (TPSA) is 111 Å². The number of nitrogen functional groups attached to an aromatic ring is 1. The van der Waals surface area contributed by atoms with E-state index < -0.39 is 4.92 Å². The molecule has 138 valence electrons. The quantitative estimate of drug-likeness (QED) is 0.540. The monoisotopic (exact) mass is 385 g/mol. The second-order valence-electron chi connectivity index (χ2n) is 6.35. The van der Waals surface area contributed by atoms with Crippen LogP contribution in [0.4, 0.5) is 11.6 Å². The van der Waals surface area contributed by atoms with E-state index in [2.05, 4.69) is 14.9 Å². The number of halogens is 1. The zero-order valence-corrected chi connectivity index (χ0v) is 15.0. The number of nitrogens with two attached hydrogens (primary N) is 1. The Labute approximate surface area is 159 Å². The highest BCUT2D eigenvalue weighted by Crippen LogP contribution is 2.33. The average molecular weight is 386 g/mol. The van der Waals surface area contributed by atoms with Crippen LogP contribution in [0.2, 0.25) is 5.02 Å². The van der Waals surface area contributed by atoms with E-state index in [1.807, 2.05) is 6.07 Å². The largest absolute Gasteiger partial charge is 0.459 e. The fourth-order valence-electron chi connectivity index (χ4n) is 3.22. The molecule has 2 aromatic heterocycles. The molecule has 0 amide bonds. The lowest BCUT2D eigenvalue weighted by Gasteiger charge is -2.26. The van der Waals surface area contributed by atoms with Gasteiger partial charge in [-0.3, -0.25) is 15.0 Å². The lowest BCUT2D eigenvalue weighted by Crippen LogP contribution is -2.30. The fraction of sp³-hybridized carbons (Fsp3) is 0.222. The summed E-state index contributed by atoms with van der Waals surface area (Å²) in [5.74, 6) is 1.47. The van der Waals surface area contributed by atoms with E-state index in [1.54, 1.807) is 24.4 Å². The van der Waals surface area contributed by atoms with Crippen LogP contribution in [-0.2, 0) is 19.5 Å². The number of anilines is 1. The van der Waals surface area contributed by atoms with Gasteiger partial charge in [0.1, 0.15) is 11.5 Å². The Morgan fingerprint density at radius 3 is 3.00 bits per heavy atom. The zero-order valence-electron chi connectivity index (χ0n) is 14.3. The molecule has 0 bridgehead atoms. The SMILES string of the molecule is Nc1ncc2c(n1)CCN(Cc1ccc(-c3ccc(Cl)cc3[N+](=O)[O-])o1)C2. The lowest BCUT2D eigenvalue weighted by molar-refractivity contribution is -0.384. The van der Waals surface area contributed by atoms with Gasteiger partial charge in [-0.15, -0.1) is 0 Å². The van der Waals surface area contributed by atoms with Gasteiger partial charge in [0.05, 0.1) is 22.7 Å². The first-order chi connectivity index (χ1) is 13.0. The zero-order chi connectivity index (χ0) is 19.0. The molecule has 0 fully saturated rings. The van der Waals surface area contributed by atoms with Crippen molar-refractivity contribution in [3.05, 3.63) is 68.7 Å². The standard InChI is InChI=1S/C18H16ClN5O3/c19-12-1-3-14(16(7-12)24(25)26)17-4-2-13(27-17)10-23-6-5-15-11(9-23)8-21-18(20)22-15/h1-4,7-8H,5-6,9-10H2,(H2,20,21,22). The number of hydrogen-bond donors (Lipinski definition) is 1. The predicted octanol–water partition coefficient (Wildman–Crippen LogP) is 3.44. The van der Waals surface area contributed by atoms with Crippen LogP contribution >= 0.6 is 11.6 Å². The summed E-state index contributed by atoms with van der Waals surface area (Å²) in [7, 11) is 0. The van der Waals surface area contributed by atoms with Crippen molar-refractivity contribution in [2.24, 2.45) is 0 Å². The van der Waals surface area contributed by atoms with Crippen LogP contribution in [0.1, 0.15) is 17.0 Å². The third-order valence-electron chi connectivity index (χ3n) is 4.49. The lowest BCUT2D eigenvalue weighted by atomic mass is 10.1. The smallest absolute Gasteiger partial charge is 0.281 e. The Balaban J connectivity index is 1.53. The second kappa shape index (κ2) is 6.98. The van der Waals surface area contributed by atoms with E-state index >= 15 is 0 Å². The van der Waals surface area contributed by atoms with Gasteiger partial charge < -0.3 is 10.2 Å². The summed E-state index contributed by atoms with van der Waals surface area (Å²) in [6, 6.07) is 8.11. The van der Waals surface area contributed by atoms with E-state index in [-0.39, 0.29) is 5.69 Å². The van der Waals surface area contributed by atoms with Crippen LogP contribution in [0.15, 0.2) is 40.9 Å². The Bertz CT molecular complexity index is 1020. The highest BCUT2D eigenvalue weighted by molar-refractivity contribution is 6.30. The molecule has 0 saturated carbocycles. The van der Waals surface area contributed by atoms with Crippen molar-refractivity contribution in [3.63, 3.8) is 0 Å². The van der Waals surface area contributed by atoms with Crippen LogP contribution in [0.25, 0.3) is 11.3 Å². The average Bonchev–Trinajstić information content (AvgIpc) is 3.10. The Morgan fingerprint density at radius 1 is 1.33 bits per heavy atom. The van der Waals surface area contributed by atoms with Gasteiger partial charge in [0.15, 0.2) is 0 Å². The van der Waals surface area contributed by atoms with Crippen LogP contribution in [0.5, 0.6) is 0 Å². The maximum Gasteiger partial charge on any atom is 0.281 e. The molecule has 0 aliphatic carbocycles. The number of nitro benzene ring substituents is 1. The molecule has 0 spiro atoms. The Morgan fingerprint density at radius 2 is 2.19 bits per heavy atom. The van der Waals surface area contributed by atoms with Crippen molar-refractivity contribution in [1.29, 1.82) is 0 Å². The van der Waals surface area contributed by atoms with Crippen molar-refractivity contribution in [2.75, 3.05) is 12.3 Å². The van der Waals surface area contributed by atoms with Crippen molar-refractivity contribution < 1.29 is 9.34 Å². The van der Waals surface area contributed by atoms with Gasteiger partial charge in [0, 0.05) is 42.4 Å². The molecule has 1 aliphatic rings. The molecule has 0 saturated heterocycles. The Kier molecular flexibility index (Phi) is 4.51. The van der Waals surface area contributed by atoms with E-state index in [0.717, 1.165) is 30.0 Å². The summed E-state index contributed by atoms with van der Waals surface area (Å²) < 4.78 is 5.87. The summed E-state index contributed by atoms with van der Waals surface area (Å²) in [4.78, 5) is 21.4. The molecular weight excluding hydrogens is 370 g/mol. The number of hydrogen-bond acceptors (Lipinski definition) is 7. The molecule has 8 nitrogen and oxygen atoms in total. The molecule has 27 heavy (non-hydrogen) atoms. The molecule has 0 unspecified atom stereocenters.